The van der Waals surface area contributed by atoms with Crippen LogP contribution in [0.25, 0.3) is 0 Å². The van der Waals surface area contributed by atoms with E-state index in [1.807, 2.05) is 38.1 Å². The molecule has 166 valence electrons. The summed E-state index contributed by atoms with van der Waals surface area (Å²) in [5.74, 6) is -0.996. The fraction of sp³-hybridized carbons (Fsp3) is 0.130. The number of nitrogens with one attached hydrogen (secondary N) is 4. The number of hydrazine groups is 1. The van der Waals surface area contributed by atoms with E-state index in [2.05, 4.69) is 20.9 Å². The van der Waals surface area contributed by atoms with Gasteiger partial charge in [0.2, 0.25) is 0 Å². The first kappa shape index (κ1) is 22.8. The molecule has 3 rings (SSSR count). The quantitative estimate of drug-likeness (QED) is 0.411. The Hall–Kier alpha value is -3.85. The van der Waals surface area contributed by atoms with E-state index in [0.29, 0.717) is 5.69 Å². The van der Waals surface area contributed by atoms with E-state index in [4.69, 9.17) is 0 Å². The van der Waals surface area contributed by atoms with E-state index in [0.717, 1.165) is 16.8 Å². The number of carbonyl (C=O) groups excluding carboxylic acids is 2. The van der Waals surface area contributed by atoms with Crippen LogP contribution < -0.4 is 20.9 Å². The van der Waals surface area contributed by atoms with E-state index in [9.17, 15) is 18.0 Å². The van der Waals surface area contributed by atoms with Crippen LogP contribution in [-0.2, 0) is 14.8 Å². The van der Waals surface area contributed by atoms with Crippen LogP contribution >= 0.6 is 0 Å². The van der Waals surface area contributed by atoms with Crippen molar-refractivity contribution in [1.29, 1.82) is 0 Å². The molecule has 0 aliphatic heterocycles. The molecule has 3 aromatic carbocycles. The average molecular weight is 453 g/mol. The number of benzene rings is 3. The number of aryl methyl sites for hydroxylation is 2. The molecule has 0 aliphatic carbocycles. The molecule has 0 saturated carbocycles. The maximum absolute atomic E-state index is 12.5. The summed E-state index contributed by atoms with van der Waals surface area (Å²) in [6, 6.07) is 19.9. The second kappa shape index (κ2) is 9.97. The number of anilines is 2. The van der Waals surface area contributed by atoms with Gasteiger partial charge in [0.05, 0.1) is 11.4 Å². The fourth-order valence-electron chi connectivity index (χ4n) is 2.72. The van der Waals surface area contributed by atoms with E-state index in [-0.39, 0.29) is 17.0 Å². The zero-order valence-corrected chi connectivity index (χ0v) is 18.5. The van der Waals surface area contributed by atoms with Crippen molar-refractivity contribution in [1.82, 2.24) is 10.9 Å². The number of hydrogen-bond donors (Lipinski definition) is 4. The molecule has 0 spiro atoms. The summed E-state index contributed by atoms with van der Waals surface area (Å²) in [6.45, 7) is 3.85. The van der Waals surface area contributed by atoms with E-state index < -0.39 is 21.8 Å². The second-order valence-electron chi connectivity index (χ2n) is 7.22. The van der Waals surface area contributed by atoms with Crippen molar-refractivity contribution < 1.29 is 18.0 Å². The van der Waals surface area contributed by atoms with E-state index in [1.165, 1.54) is 24.3 Å². The molecule has 32 heavy (non-hydrogen) atoms. The molecule has 8 nitrogen and oxygen atoms in total. The molecule has 0 bridgehead atoms. The maximum Gasteiger partial charge on any atom is 0.269 e. The van der Waals surface area contributed by atoms with Crippen LogP contribution in [0, 0.1) is 13.8 Å². The summed E-state index contributed by atoms with van der Waals surface area (Å²) in [7, 11) is -3.79. The monoisotopic (exact) mass is 452 g/mol. The van der Waals surface area contributed by atoms with Crippen molar-refractivity contribution in [2.24, 2.45) is 0 Å². The molecule has 0 fully saturated rings. The van der Waals surface area contributed by atoms with Gasteiger partial charge in [0, 0.05) is 16.9 Å². The first-order chi connectivity index (χ1) is 15.2. The minimum atomic E-state index is -3.79. The zero-order chi connectivity index (χ0) is 23.1. The lowest BCUT2D eigenvalue weighted by molar-refractivity contribution is -0.120. The smallest absolute Gasteiger partial charge is 0.269 e. The lowest BCUT2D eigenvalue weighted by atomic mass is 10.2. The van der Waals surface area contributed by atoms with Crippen molar-refractivity contribution in [3.63, 3.8) is 0 Å². The molecule has 0 radical (unpaired) electrons. The van der Waals surface area contributed by atoms with Crippen LogP contribution in [0.3, 0.4) is 0 Å². The van der Waals surface area contributed by atoms with Gasteiger partial charge in [0.15, 0.2) is 0 Å². The summed E-state index contributed by atoms with van der Waals surface area (Å²) >= 11 is 0. The SMILES string of the molecule is Cc1ccc(NCC(=O)NNC(=O)c2ccc(S(=O)(=O)Nc3ccc(C)cc3)cc2)cc1. The van der Waals surface area contributed by atoms with E-state index in [1.54, 1.807) is 24.3 Å². The molecule has 2 amide bonds. The van der Waals surface area contributed by atoms with Crippen molar-refractivity contribution in [3.8, 4) is 0 Å². The Morgan fingerprint density at radius 2 is 1.25 bits per heavy atom. The van der Waals surface area contributed by atoms with Crippen LogP contribution in [0.2, 0.25) is 0 Å². The molecule has 9 heteroatoms. The Morgan fingerprint density at radius 1 is 0.719 bits per heavy atom. The minimum Gasteiger partial charge on any atom is -0.376 e. The van der Waals surface area contributed by atoms with Gasteiger partial charge in [0.25, 0.3) is 21.8 Å². The van der Waals surface area contributed by atoms with Crippen molar-refractivity contribution >= 4 is 33.2 Å². The molecule has 0 atom stereocenters. The van der Waals surface area contributed by atoms with Gasteiger partial charge >= 0.3 is 0 Å². The number of rotatable bonds is 7. The zero-order valence-electron chi connectivity index (χ0n) is 17.7. The van der Waals surface area contributed by atoms with Crippen LogP contribution in [0.1, 0.15) is 21.5 Å². The number of sulfonamides is 1. The Kier molecular flexibility index (Phi) is 7.11. The van der Waals surface area contributed by atoms with Gasteiger partial charge in [-0.05, 0) is 62.4 Å². The van der Waals surface area contributed by atoms with Gasteiger partial charge in [-0.1, -0.05) is 35.4 Å². The van der Waals surface area contributed by atoms with Crippen molar-refractivity contribution in [2.45, 2.75) is 18.7 Å². The van der Waals surface area contributed by atoms with Crippen LogP contribution in [0.5, 0.6) is 0 Å². The van der Waals surface area contributed by atoms with Gasteiger partial charge in [-0.2, -0.15) is 0 Å². The lowest BCUT2D eigenvalue weighted by Crippen LogP contribution is -2.44. The van der Waals surface area contributed by atoms with Crippen LogP contribution in [0.15, 0.2) is 77.7 Å². The molecule has 0 aromatic heterocycles. The summed E-state index contributed by atoms with van der Waals surface area (Å²) in [5.41, 5.74) is 8.17. The largest absolute Gasteiger partial charge is 0.376 e. The first-order valence-electron chi connectivity index (χ1n) is 9.82. The molecule has 0 saturated heterocycles. The van der Waals surface area contributed by atoms with Crippen molar-refractivity contribution in [3.05, 3.63) is 89.5 Å². The number of amides is 2. The predicted octanol–water partition coefficient (Wildman–Crippen LogP) is 2.98. The highest BCUT2D eigenvalue weighted by atomic mass is 32.2. The molecule has 4 N–H and O–H groups in total. The topological polar surface area (TPSA) is 116 Å². The van der Waals surface area contributed by atoms with Crippen LogP contribution in [-0.4, -0.2) is 26.8 Å². The Labute approximate surface area is 187 Å². The maximum atomic E-state index is 12.5. The average Bonchev–Trinajstić information content (AvgIpc) is 2.78. The van der Waals surface area contributed by atoms with Crippen LogP contribution in [0.4, 0.5) is 11.4 Å². The number of hydrogen-bond acceptors (Lipinski definition) is 5. The Bertz CT molecular complexity index is 1190. The Balaban J connectivity index is 1.52. The van der Waals surface area contributed by atoms with E-state index >= 15 is 0 Å². The first-order valence-corrected chi connectivity index (χ1v) is 11.3. The van der Waals surface area contributed by atoms with Gasteiger partial charge < -0.3 is 5.32 Å². The summed E-state index contributed by atoms with van der Waals surface area (Å²) in [4.78, 5) is 24.2. The Morgan fingerprint density at radius 3 is 1.81 bits per heavy atom. The van der Waals surface area contributed by atoms with Crippen molar-refractivity contribution in [2.75, 3.05) is 16.6 Å². The van der Waals surface area contributed by atoms with Gasteiger partial charge in [-0.3, -0.25) is 25.2 Å². The normalized spacial score (nSPS) is 10.8. The fourth-order valence-corrected chi connectivity index (χ4v) is 3.78. The summed E-state index contributed by atoms with van der Waals surface area (Å²) in [5, 5.41) is 2.95. The molecule has 0 unspecified atom stereocenters. The third kappa shape index (κ3) is 6.32. The minimum absolute atomic E-state index is 0.0148. The lowest BCUT2D eigenvalue weighted by Gasteiger charge is -2.11. The van der Waals surface area contributed by atoms with Gasteiger partial charge in [-0.25, -0.2) is 8.42 Å². The number of carbonyl (C=O) groups is 2. The predicted molar refractivity (Wildman–Crippen MR) is 124 cm³/mol. The summed E-state index contributed by atoms with van der Waals surface area (Å²) in [6.07, 6.45) is 0. The third-order valence-electron chi connectivity index (χ3n) is 4.55. The van der Waals surface area contributed by atoms with Gasteiger partial charge in [-0.15, -0.1) is 0 Å². The second-order valence-corrected chi connectivity index (χ2v) is 8.90. The van der Waals surface area contributed by atoms with Gasteiger partial charge in [0.1, 0.15) is 0 Å². The highest BCUT2D eigenvalue weighted by molar-refractivity contribution is 7.92. The molecule has 0 aliphatic rings. The highest BCUT2D eigenvalue weighted by Gasteiger charge is 2.15. The molecule has 0 heterocycles. The highest BCUT2D eigenvalue weighted by Crippen LogP contribution is 2.17. The molecular weight excluding hydrogens is 428 g/mol. The standard InChI is InChI=1S/C23H24N4O4S/c1-16-3-9-19(10-4-16)24-15-22(28)25-26-23(29)18-7-13-21(14-8-18)32(30,31)27-20-11-5-17(2)6-12-20/h3-14,24,27H,15H2,1-2H3,(H,25,28)(H,26,29). The third-order valence-corrected chi connectivity index (χ3v) is 5.95. The molecular formula is C23H24N4O4S. The molecule has 3 aromatic rings. The summed E-state index contributed by atoms with van der Waals surface area (Å²) < 4.78 is 27.5.